The molecule has 0 aliphatic heterocycles. The van der Waals surface area contributed by atoms with Gasteiger partial charge < -0.3 is 10.0 Å². The number of amides is 1. The molecule has 0 radical (unpaired) electrons. The third-order valence-electron chi connectivity index (χ3n) is 3.99. The molecule has 4 heteroatoms. The van der Waals surface area contributed by atoms with Gasteiger partial charge >= 0.3 is 5.97 Å². The van der Waals surface area contributed by atoms with Crippen LogP contribution >= 0.6 is 0 Å². The summed E-state index contributed by atoms with van der Waals surface area (Å²) in [5.74, 6) is -1.01. The van der Waals surface area contributed by atoms with Gasteiger partial charge in [-0.2, -0.15) is 0 Å². The van der Waals surface area contributed by atoms with Crippen molar-refractivity contribution in [3.63, 3.8) is 0 Å². The minimum atomic E-state index is -0.958. The van der Waals surface area contributed by atoms with Crippen molar-refractivity contribution in [1.29, 1.82) is 0 Å². The standard InChI is InChI=1S/C20H29NO3/c1-4-5-6-7-8-9-12-21(3)19(22)11-10-17-13-16(2)14-18(15-17)20(23)24/h10-11,13-15H,4-9,12H2,1-3H3,(H,23,24). The van der Waals surface area contributed by atoms with E-state index in [9.17, 15) is 9.59 Å². The van der Waals surface area contributed by atoms with Gasteiger partial charge in [-0.25, -0.2) is 4.79 Å². The van der Waals surface area contributed by atoms with Gasteiger partial charge in [-0.1, -0.05) is 45.1 Å². The van der Waals surface area contributed by atoms with E-state index in [2.05, 4.69) is 6.92 Å². The molecule has 1 aromatic rings. The first-order valence-electron chi connectivity index (χ1n) is 8.72. The lowest BCUT2D eigenvalue weighted by molar-refractivity contribution is -0.124. The van der Waals surface area contributed by atoms with Crippen LogP contribution in [0, 0.1) is 6.92 Å². The number of carboxylic acids is 1. The predicted octanol–water partition coefficient (Wildman–Crippen LogP) is 4.53. The summed E-state index contributed by atoms with van der Waals surface area (Å²) in [5, 5.41) is 9.07. The van der Waals surface area contributed by atoms with E-state index in [1.54, 1.807) is 30.2 Å². The van der Waals surface area contributed by atoms with E-state index in [1.165, 1.54) is 31.8 Å². The molecule has 4 nitrogen and oxygen atoms in total. The highest BCUT2D eigenvalue weighted by Crippen LogP contribution is 2.12. The van der Waals surface area contributed by atoms with Gasteiger partial charge in [0.1, 0.15) is 0 Å². The third kappa shape index (κ3) is 7.44. The van der Waals surface area contributed by atoms with Crippen molar-refractivity contribution in [2.75, 3.05) is 13.6 Å². The van der Waals surface area contributed by atoms with Crippen LogP contribution in [0.15, 0.2) is 24.3 Å². The summed E-state index contributed by atoms with van der Waals surface area (Å²) < 4.78 is 0. The van der Waals surface area contributed by atoms with Crippen molar-refractivity contribution >= 4 is 18.0 Å². The van der Waals surface area contributed by atoms with Gasteiger partial charge in [-0.05, 0) is 42.7 Å². The third-order valence-corrected chi connectivity index (χ3v) is 3.99. The van der Waals surface area contributed by atoms with E-state index >= 15 is 0 Å². The van der Waals surface area contributed by atoms with Crippen LogP contribution in [-0.2, 0) is 4.79 Å². The van der Waals surface area contributed by atoms with E-state index in [4.69, 9.17) is 5.11 Å². The van der Waals surface area contributed by atoms with Crippen LogP contribution in [0.1, 0.15) is 66.9 Å². The fraction of sp³-hybridized carbons (Fsp3) is 0.500. The number of aromatic carboxylic acids is 1. The van der Waals surface area contributed by atoms with E-state index in [0.29, 0.717) is 0 Å². The molecular formula is C20H29NO3. The summed E-state index contributed by atoms with van der Waals surface area (Å²) >= 11 is 0. The second kappa shape index (κ2) is 10.6. The number of hydrogen-bond acceptors (Lipinski definition) is 2. The zero-order valence-electron chi connectivity index (χ0n) is 15.0. The highest BCUT2D eigenvalue weighted by atomic mass is 16.4. The Labute approximate surface area is 145 Å². The van der Waals surface area contributed by atoms with Gasteiger partial charge in [-0.15, -0.1) is 0 Å². The Morgan fingerprint density at radius 3 is 2.42 bits per heavy atom. The lowest BCUT2D eigenvalue weighted by Crippen LogP contribution is -2.25. The minimum Gasteiger partial charge on any atom is -0.478 e. The zero-order valence-corrected chi connectivity index (χ0v) is 15.0. The zero-order chi connectivity index (χ0) is 17.9. The van der Waals surface area contributed by atoms with Crippen LogP contribution < -0.4 is 0 Å². The number of benzene rings is 1. The first-order chi connectivity index (χ1) is 11.4. The molecule has 132 valence electrons. The number of hydrogen-bond donors (Lipinski definition) is 1. The molecule has 0 saturated heterocycles. The smallest absolute Gasteiger partial charge is 0.335 e. The number of carbonyl (C=O) groups excluding carboxylic acids is 1. The largest absolute Gasteiger partial charge is 0.478 e. The maximum Gasteiger partial charge on any atom is 0.335 e. The summed E-state index contributed by atoms with van der Waals surface area (Å²) in [6, 6.07) is 5.06. The molecule has 1 rings (SSSR count). The number of aryl methyl sites for hydroxylation is 1. The Morgan fingerprint density at radius 1 is 1.08 bits per heavy atom. The normalized spacial score (nSPS) is 11.0. The second-order valence-corrected chi connectivity index (χ2v) is 6.30. The lowest BCUT2D eigenvalue weighted by atomic mass is 10.1. The molecule has 0 saturated carbocycles. The van der Waals surface area contributed by atoms with Crippen molar-refractivity contribution in [2.45, 2.75) is 52.4 Å². The molecule has 0 fully saturated rings. The maximum atomic E-state index is 12.1. The molecule has 0 spiro atoms. The maximum absolute atomic E-state index is 12.1. The van der Waals surface area contributed by atoms with E-state index < -0.39 is 5.97 Å². The van der Waals surface area contributed by atoms with Crippen LogP contribution in [0.25, 0.3) is 6.08 Å². The van der Waals surface area contributed by atoms with Gasteiger partial charge in [0.2, 0.25) is 5.91 Å². The fourth-order valence-electron chi connectivity index (χ4n) is 2.57. The topological polar surface area (TPSA) is 57.6 Å². The Bertz CT molecular complexity index is 578. The summed E-state index contributed by atoms with van der Waals surface area (Å²) in [6.07, 6.45) is 10.4. The van der Waals surface area contributed by atoms with Crippen molar-refractivity contribution in [1.82, 2.24) is 4.90 Å². The Balaban J connectivity index is 2.48. The number of unbranched alkanes of at least 4 members (excludes halogenated alkanes) is 5. The van der Waals surface area contributed by atoms with E-state index in [-0.39, 0.29) is 11.5 Å². The Kier molecular flexibility index (Phi) is 8.84. The quantitative estimate of drug-likeness (QED) is 0.506. The van der Waals surface area contributed by atoms with Crippen molar-refractivity contribution in [2.24, 2.45) is 0 Å². The SMILES string of the molecule is CCCCCCCCN(C)C(=O)C=Cc1cc(C)cc(C(=O)O)c1. The summed E-state index contributed by atoms with van der Waals surface area (Å²) in [5.41, 5.74) is 1.83. The molecule has 24 heavy (non-hydrogen) atoms. The summed E-state index contributed by atoms with van der Waals surface area (Å²) in [7, 11) is 1.80. The summed E-state index contributed by atoms with van der Waals surface area (Å²) in [6.45, 7) is 4.80. The van der Waals surface area contributed by atoms with Gasteiger partial charge in [0.15, 0.2) is 0 Å². The monoisotopic (exact) mass is 331 g/mol. The molecule has 0 aliphatic carbocycles. The average Bonchev–Trinajstić information content (AvgIpc) is 2.55. The average molecular weight is 331 g/mol. The molecular weight excluding hydrogens is 302 g/mol. The van der Waals surface area contributed by atoms with Crippen LogP contribution in [0.4, 0.5) is 0 Å². The number of nitrogens with zero attached hydrogens (tertiary/aromatic N) is 1. The number of likely N-dealkylation sites (N-methyl/N-ethyl adjacent to an activating group) is 1. The van der Waals surface area contributed by atoms with Gasteiger partial charge in [0.25, 0.3) is 0 Å². The summed E-state index contributed by atoms with van der Waals surface area (Å²) in [4.78, 5) is 24.9. The van der Waals surface area contributed by atoms with E-state index in [0.717, 1.165) is 30.5 Å². The van der Waals surface area contributed by atoms with Crippen molar-refractivity contribution < 1.29 is 14.7 Å². The highest BCUT2D eigenvalue weighted by Gasteiger charge is 2.06. The van der Waals surface area contributed by atoms with Gasteiger partial charge in [0.05, 0.1) is 5.56 Å². The Morgan fingerprint density at radius 2 is 1.75 bits per heavy atom. The number of carbonyl (C=O) groups is 2. The van der Waals surface area contributed by atoms with Crippen LogP contribution in [-0.4, -0.2) is 35.5 Å². The van der Waals surface area contributed by atoms with E-state index in [1.807, 2.05) is 13.0 Å². The molecule has 0 aromatic heterocycles. The predicted molar refractivity (Wildman–Crippen MR) is 98.2 cm³/mol. The first-order valence-corrected chi connectivity index (χ1v) is 8.72. The molecule has 0 aliphatic rings. The molecule has 0 bridgehead atoms. The second-order valence-electron chi connectivity index (χ2n) is 6.30. The van der Waals surface area contributed by atoms with Crippen molar-refractivity contribution in [3.8, 4) is 0 Å². The highest BCUT2D eigenvalue weighted by molar-refractivity contribution is 5.93. The van der Waals surface area contributed by atoms with Gasteiger partial charge in [0, 0.05) is 19.7 Å². The molecule has 0 atom stereocenters. The minimum absolute atomic E-state index is 0.0538. The van der Waals surface area contributed by atoms with Crippen LogP contribution in [0.2, 0.25) is 0 Å². The first kappa shape index (κ1) is 19.9. The molecule has 1 N–H and O–H groups in total. The van der Waals surface area contributed by atoms with Crippen LogP contribution in [0.5, 0.6) is 0 Å². The number of rotatable bonds is 10. The van der Waals surface area contributed by atoms with Gasteiger partial charge in [-0.3, -0.25) is 4.79 Å². The molecule has 0 heterocycles. The molecule has 1 aromatic carbocycles. The molecule has 1 amide bonds. The number of carboxylic acid groups (broad SMARTS) is 1. The lowest BCUT2D eigenvalue weighted by Gasteiger charge is -2.14. The molecule has 0 unspecified atom stereocenters. The van der Waals surface area contributed by atoms with Crippen molar-refractivity contribution in [3.05, 3.63) is 41.0 Å². The Hall–Kier alpha value is -2.10. The van der Waals surface area contributed by atoms with Crippen LogP contribution in [0.3, 0.4) is 0 Å². The fourth-order valence-corrected chi connectivity index (χ4v) is 2.57.